The molecule has 4 heteroatoms. The van der Waals surface area contributed by atoms with E-state index in [4.69, 9.17) is 4.74 Å². The SMILES string of the molecule is C=Cc1cc(C(F)F)ncc1OC. The van der Waals surface area contributed by atoms with Gasteiger partial charge in [-0.1, -0.05) is 12.7 Å². The fourth-order valence-electron chi connectivity index (χ4n) is 0.925. The molecule has 0 saturated carbocycles. The summed E-state index contributed by atoms with van der Waals surface area (Å²) in [7, 11) is 1.45. The third kappa shape index (κ3) is 2.02. The number of hydrogen-bond donors (Lipinski definition) is 0. The van der Waals surface area contributed by atoms with Gasteiger partial charge >= 0.3 is 0 Å². The number of aromatic nitrogens is 1. The Morgan fingerprint density at radius 1 is 1.62 bits per heavy atom. The molecule has 0 fully saturated rings. The van der Waals surface area contributed by atoms with Crippen molar-refractivity contribution in [2.75, 3.05) is 7.11 Å². The predicted octanol–water partition coefficient (Wildman–Crippen LogP) is 2.67. The number of methoxy groups -OCH3 is 1. The molecule has 0 atom stereocenters. The Bertz CT molecular complexity index is 312. The van der Waals surface area contributed by atoms with Crippen LogP contribution < -0.4 is 4.74 Å². The number of halogens is 2. The predicted molar refractivity (Wildman–Crippen MR) is 45.8 cm³/mol. The van der Waals surface area contributed by atoms with Crippen LogP contribution in [0.25, 0.3) is 6.08 Å². The van der Waals surface area contributed by atoms with E-state index in [2.05, 4.69) is 11.6 Å². The molecule has 0 aliphatic carbocycles. The van der Waals surface area contributed by atoms with E-state index < -0.39 is 6.43 Å². The number of alkyl halides is 2. The summed E-state index contributed by atoms with van der Waals surface area (Å²) in [5, 5.41) is 0. The smallest absolute Gasteiger partial charge is 0.280 e. The number of nitrogens with zero attached hydrogens (tertiary/aromatic N) is 1. The van der Waals surface area contributed by atoms with E-state index in [0.717, 1.165) is 0 Å². The fraction of sp³-hybridized carbons (Fsp3) is 0.222. The van der Waals surface area contributed by atoms with Crippen LogP contribution in [0.2, 0.25) is 0 Å². The first-order valence-electron chi connectivity index (χ1n) is 3.63. The van der Waals surface area contributed by atoms with E-state index >= 15 is 0 Å². The zero-order valence-corrected chi connectivity index (χ0v) is 7.13. The third-order valence-electron chi connectivity index (χ3n) is 1.58. The molecule has 0 amide bonds. The van der Waals surface area contributed by atoms with Crippen LogP contribution in [0.1, 0.15) is 17.7 Å². The van der Waals surface area contributed by atoms with Crippen LogP contribution in [0.3, 0.4) is 0 Å². The molecule has 0 bridgehead atoms. The van der Waals surface area contributed by atoms with Crippen LogP contribution in [0.5, 0.6) is 5.75 Å². The van der Waals surface area contributed by atoms with Crippen LogP contribution in [-0.2, 0) is 0 Å². The lowest BCUT2D eigenvalue weighted by Gasteiger charge is -2.05. The van der Waals surface area contributed by atoms with E-state index in [0.29, 0.717) is 11.3 Å². The lowest BCUT2D eigenvalue weighted by atomic mass is 10.2. The topological polar surface area (TPSA) is 22.1 Å². The van der Waals surface area contributed by atoms with Gasteiger partial charge in [0, 0.05) is 5.56 Å². The van der Waals surface area contributed by atoms with Crippen molar-refractivity contribution in [3.05, 3.63) is 30.1 Å². The summed E-state index contributed by atoms with van der Waals surface area (Å²) in [6.45, 7) is 3.49. The average Bonchev–Trinajstić information content (AvgIpc) is 2.16. The van der Waals surface area contributed by atoms with Crippen LogP contribution in [0.15, 0.2) is 18.8 Å². The van der Waals surface area contributed by atoms with Crippen molar-refractivity contribution in [1.82, 2.24) is 4.98 Å². The highest BCUT2D eigenvalue weighted by atomic mass is 19.3. The molecule has 0 unspecified atom stereocenters. The molecule has 0 saturated heterocycles. The van der Waals surface area contributed by atoms with Gasteiger partial charge in [0.15, 0.2) is 0 Å². The van der Waals surface area contributed by atoms with Crippen LogP contribution in [0.4, 0.5) is 8.78 Å². The van der Waals surface area contributed by atoms with E-state index in [-0.39, 0.29) is 5.69 Å². The minimum absolute atomic E-state index is 0.268. The van der Waals surface area contributed by atoms with Gasteiger partial charge in [-0.25, -0.2) is 8.78 Å². The van der Waals surface area contributed by atoms with Crippen LogP contribution in [0, 0.1) is 0 Å². The number of hydrogen-bond acceptors (Lipinski definition) is 2. The second-order valence-corrected chi connectivity index (χ2v) is 2.36. The van der Waals surface area contributed by atoms with Crippen LogP contribution in [-0.4, -0.2) is 12.1 Å². The van der Waals surface area contributed by atoms with Crippen molar-refractivity contribution in [2.45, 2.75) is 6.43 Å². The molecule has 0 radical (unpaired) electrons. The lowest BCUT2D eigenvalue weighted by molar-refractivity contribution is 0.146. The summed E-state index contributed by atoms with van der Waals surface area (Å²) in [4.78, 5) is 3.53. The molecule has 1 aromatic rings. The normalized spacial score (nSPS) is 10.2. The number of ether oxygens (including phenoxy) is 1. The quantitative estimate of drug-likeness (QED) is 0.722. The Hall–Kier alpha value is -1.45. The first kappa shape index (κ1) is 9.64. The molecule has 0 aliphatic rings. The second kappa shape index (κ2) is 3.98. The van der Waals surface area contributed by atoms with Gasteiger partial charge in [0.2, 0.25) is 0 Å². The molecule has 2 nitrogen and oxygen atoms in total. The molecule has 1 rings (SSSR count). The molecule has 70 valence electrons. The highest BCUT2D eigenvalue weighted by molar-refractivity contribution is 5.55. The van der Waals surface area contributed by atoms with Gasteiger partial charge < -0.3 is 4.74 Å². The van der Waals surface area contributed by atoms with Crippen molar-refractivity contribution in [3.63, 3.8) is 0 Å². The van der Waals surface area contributed by atoms with Crippen molar-refractivity contribution in [2.24, 2.45) is 0 Å². The number of rotatable bonds is 3. The van der Waals surface area contributed by atoms with Crippen molar-refractivity contribution in [1.29, 1.82) is 0 Å². The average molecular weight is 185 g/mol. The third-order valence-corrected chi connectivity index (χ3v) is 1.58. The summed E-state index contributed by atoms with van der Waals surface area (Å²) in [5.41, 5.74) is 0.253. The van der Waals surface area contributed by atoms with Gasteiger partial charge in [0.25, 0.3) is 6.43 Å². The molecule has 0 aliphatic heterocycles. The second-order valence-electron chi connectivity index (χ2n) is 2.36. The molecular formula is C9H9F2NO. The van der Waals surface area contributed by atoms with E-state index in [1.807, 2.05) is 0 Å². The summed E-state index contributed by atoms with van der Waals surface area (Å²) in [6, 6.07) is 1.26. The molecule has 13 heavy (non-hydrogen) atoms. The minimum atomic E-state index is -2.57. The highest BCUT2D eigenvalue weighted by Gasteiger charge is 2.10. The molecule has 0 N–H and O–H groups in total. The van der Waals surface area contributed by atoms with Gasteiger partial charge in [-0.05, 0) is 6.07 Å². The standard InChI is InChI=1S/C9H9F2NO/c1-3-6-4-7(9(10)11)12-5-8(6)13-2/h3-5,9H,1H2,2H3. The Morgan fingerprint density at radius 3 is 2.77 bits per heavy atom. The van der Waals surface area contributed by atoms with Gasteiger partial charge in [0.1, 0.15) is 11.4 Å². The van der Waals surface area contributed by atoms with Crippen molar-refractivity contribution in [3.8, 4) is 5.75 Å². The molecule has 1 heterocycles. The first-order valence-corrected chi connectivity index (χ1v) is 3.63. The van der Waals surface area contributed by atoms with Gasteiger partial charge in [0.05, 0.1) is 13.3 Å². The van der Waals surface area contributed by atoms with Crippen molar-refractivity contribution < 1.29 is 13.5 Å². The minimum Gasteiger partial charge on any atom is -0.495 e. The Morgan fingerprint density at radius 2 is 2.31 bits per heavy atom. The maximum atomic E-state index is 12.2. The maximum absolute atomic E-state index is 12.2. The summed E-state index contributed by atoms with van der Waals surface area (Å²) in [6.07, 6.45) is 0.148. The zero-order chi connectivity index (χ0) is 9.84. The van der Waals surface area contributed by atoms with Crippen molar-refractivity contribution >= 4 is 6.08 Å². The lowest BCUT2D eigenvalue weighted by Crippen LogP contribution is -1.94. The largest absolute Gasteiger partial charge is 0.495 e. The Kier molecular flexibility index (Phi) is 2.95. The van der Waals surface area contributed by atoms with Gasteiger partial charge in [-0.3, -0.25) is 4.98 Å². The number of pyridine rings is 1. The van der Waals surface area contributed by atoms with Gasteiger partial charge in [-0.15, -0.1) is 0 Å². The molecular weight excluding hydrogens is 176 g/mol. The zero-order valence-electron chi connectivity index (χ0n) is 7.13. The first-order chi connectivity index (χ1) is 6.19. The van der Waals surface area contributed by atoms with Crippen LogP contribution >= 0.6 is 0 Å². The summed E-state index contributed by atoms with van der Waals surface area (Å²) < 4.78 is 29.3. The summed E-state index contributed by atoms with van der Waals surface area (Å²) in [5.74, 6) is 0.444. The monoisotopic (exact) mass is 185 g/mol. The Balaban J connectivity index is 3.13. The van der Waals surface area contributed by atoms with E-state index in [9.17, 15) is 8.78 Å². The molecule has 1 aromatic heterocycles. The fourth-order valence-corrected chi connectivity index (χ4v) is 0.925. The van der Waals surface area contributed by atoms with E-state index in [1.54, 1.807) is 0 Å². The summed E-state index contributed by atoms with van der Waals surface area (Å²) >= 11 is 0. The maximum Gasteiger partial charge on any atom is 0.280 e. The Labute approximate surface area is 74.9 Å². The highest BCUT2D eigenvalue weighted by Crippen LogP contribution is 2.23. The molecule has 0 aromatic carbocycles. The van der Waals surface area contributed by atoms with E-state index in [1.165, 1.54) is 25.4 Å². The molecule has 0 spiro atoms. The van der Waals surface area contributed by atoms with Gasteiger partial charge in [-0.2, -0.15) is 0 Å².